The van der Waals surface area contributed by atoms with E-state index >= 15 is 0 Å². The van der Waals surface area contributed by atoms with E-state index in [1.807, 2.05) is 0 Å². The summed E-state index contributed by atoms with van der Waals surface area (Å²) >= 11 is 0. The predicted molar refractivity (Wildman–Crippen MR) is 80.0 cm³/mol. The predicted octanol–water partition coefficient (Wildman–Crippen LogP) is 0.599. The van der Waals surface area contributed by atoms with Gasteiger partial charge in [0.25, 0.3) is 0 Å². The highest BCUT2D eigenvalue weighted by atomic mass is 19.1. The molecule has 0 saturated carbocycles. The van der Waals surface area contributed by atoms with Crippen LogP contribution in [0, 0.1) is 5.82 Å². The van der Waals surface area contributed by atoms with Gasteiger partial charge in [0.1, 0.15) is 17.6 Å². The second kappa shape index (κ2) is 6.17. The molecule has 1 amide bonds. The van der Waals surface area contributed by atoms with Crippen LogP contribution in [0.5, 0.6) is 0 Å². The highest BCUT2D eigenvalue weighted by molar-refractivity contribution is 5.78. The second-order valence-corrected chi connectivity index (χ2v) is 5.22. The number of carbonyl (C=O) groups is 1. The number of aryl methyl sites for hydroxylation is 1. The number of aromatic nitrogens is 4. The quantitative estimate of drug-likeness (QED) is 0.722. The normalized spacial score (nSPS) is 12.5. The second-order valence-electron chi connectivity index (χ2n) is 5.22. The van der Waals surface area contributed by atoms with Crippen molar-refractivity contribution in [1.82, 2.24) is 24.5 Å². The van der Waals surface area contributed by atoms with Gasteiger partial charge in [-0.2, -0.15) is 5.10 Å². The summed E-state index contributed by atoms with van der Waals surface area (Å²) in [5, 5.41) is 16.6. The van der Waals surface area contributed by atoms with Gasteiger partial charge >= 0.3 is 0 Å². The first-order chi connectivity index (χ1) is 11.0. The number of carbonyl (C=O) groups excluding carboxylic acids is 1. The van der Waals surface area contributed by atoms with Crippen molar-refractivity contribution in [3.8, 4) is 0 Å². The molecule has 7 nitrogen and oxygen atoms in total. The Morgan fingerprint density at radius 2 is 2.22 bits per heavy atom. The molecule has 3 aromatic heterocycles. The number of aliphatic hydroxyl groups excluding tert-OH is 1. The Morgan fingerprint density at radius 3 is 2.96 bits per heavy atom. The van der Waals surface area contributed by atoms with Crippen molar-refractivity contribution >= 4 is 11.6 Å². The van der Waals surface area contributed by atoms with E-state index in [1.54, 1.807) is 36.3 Å². The van der Waals surface area contributed by atoms with Crippen molar-refractivity contribution < 1.29 is 14.3 Å². The maximum atomic E-state index is 13.1. The maximum Gasteiger partial charge on any atom is 0.226 e. The van der Waals surface area contributed by atoms with Crippen LogP contribution in [0.1, 0.15) is 17.5 Å². The van der Waals surface area contributed by atoms with Crippen molar-refractivity contribution in [2.75, 3.05) is 6.54 Å². The largest absolute Gasteiger partial charge is 0.385 e. The van der Waals surface area contributed by atoms with Gasteiger partial charge in [-0.1, -0.05) is 0 Å². The van der Waals surface area contributed by atoms with Crippen molar-refractivity contribution in [2.24, 2.45) is 7.05 Å². The van der Waals surface area contributed by atoms with E-state index in [1.165, 1.54) is 16.7 Å². The van der Waals surface area contributed by atoms with Gasteiger partial charge < -0.3 is 14.8 Å². The fraction of sp³-hybridized carbons (Fsp3) is 0.267. The molecular weight excluding hydrogens is 301 g/mol. The molecule has 0 aliphatic carbocycles. The lowest BCUT2D eigenvalue weighted by atomic mass is 10.2. The fourth-order valence-corrected chi connectivity index (χ4v) is 2.36. The Balaban J connectivity index is 1.59. The molecular formula is C15H16FN5O2. The first-order valence-electron chi connectivity index (χ1n) is 7.09. The highest BCUT2D eigenvalue weighted by Crippen LogP contribution is 2.10. The summed E-state index contributed by atoms with van der Waals surface area (Å²) in [4.78, 5) is 16.2. The Hall–Kier alpha value is -2.74. The minimum atomic E-state index is -0.832. The molecule has 0 aromatic carbocycles. The Morgan fingerprint density at radius 1 is 1.39 bits per heavy atom. The van der Waals surface area contributed by atoms with Crippen molar-refractivity contribution in [1.29, 1.82) is 0 Å². The van der Waals surface area contributed by atoms with Crippen LogP contribution in [0.4, 0.5) is 4.39 Å². The molecule has 0 aliphatic heterocycles. The molecule has 3 rings (SSSR count). The number of pyridine rings is 1. The van der Waals surface area contributed by atoms with Crippen LogP contribution in [-0.4, -0.2) is 36.7 Å². The standard InChI is InChI=1S/C15H16FN5O2/c1-20-12(4-5-18-20)13(22)7-17-15(23)6-11-9-21-8-10(16)2-3-14(21)19-11/h2-5,8-9,13,22H,6-7H2,1H3,(H,17,23). The molecule has 1 unspecified atom stereocenters. The summed E-state index contributed by atoms with van der Waals surface area (Å²) in [5.41, 5.74) is 1.72. The van der Waals surface area contributed by atoms with Gasteiger partial charge in [0.15, 0.2) is 0 Å². The lowest BCUT2D eigenvalue weighted by molar-refractivity contribution is -0.121. The molecule has 1 atom stereocenters. The van der Waals surface area contributed by atoms with Gasteiger partial charge in [-0.15, -0.1) is 0 Å². The summed E-state index contributed by atoms with van der Waals surface area (Å²) in [6.45, 7) is 0.0837. The summed E-state index contributed by atoms with van der Waals surface area (Å²) in [5.74, 6) is -0.639. The molecule has 3 heterocycles. The molecule has 23 heavy (non-hydrogen) atoms. The van der Waals surface area contributed by atoms with Gasteiger partial charge in [-0.25, -0.2) is 9.37 Å². The maximum absolute atomic E-state index is 13.1. The minimum Gasteiger partial charge on any atom is -0.385 e. The third-order valence-corrected chi connectivity index (χ3v) is 3.50. The minimum absolute atomic E-state index is 0.0570. The molecule has 3 aromatic rings. The molecule has 0 radical (unpaired) electrons. The monoisotopic (exact) mass is 317 g/mol. The number of aliphatic hydroxyl groups is 1. The number of fused-ring (bicyclic) bond motifs is 1. The molecule has 0 bridgehead atoms. The van der Waals surface area contributed by atoms with Crippen molar-refractivity contribution in [2.45, 2.75) is 12.5 Å². The number of rotatable bonds is 5. The third-order valence-electron chi connectivity index (χ3n) is 3.50. The van der Waals surface area contributed by atoms with Crippen LogP contribution in [0.25, 0.3) is 5.65 Å². The van der Waals surface area contributed by atoms with Crippen LogP contribution in [0.3, 0.4) is 0 Å². The van der Waals surface area contributed by atoms with E-state index in [0.29, 0.717) is 17.0 Å². The zero-order valence-corrected chi connectivity index (χ0v) is 12.5. The number of nitrogens with one attached hydrogen (secondary N) is 1. The van der Waals surface area contributed by atoms with Gasteiger partial charge in [0.05, 0.1) is 17.8 Å². The number of hydrogen-bond acceptors (Lipinski definition) is 4. The molecule has 2 N–H and O–H groups in total. The van der Waals surface area contributed by atoms with E-state index in [9.17, 15) is 14.3 Å². The smallest absolute Gasteiger partial charge is 0.226 e. The number of amides is 1. The Bertz CT molecular complexity index is 841. The van der Waals surface area contributed by atoms with Crippen LogP contribution >= 0.6 is 0 Å². The van der Waals surface area contributed by atoms with E-state index in [2.05, 4.69) is 15.4 Å². The molecule has 0 fully saturated rings. The molecule has 0 saturated heterocycles. The third kappa shape index (κ3) is 3.37. The van der Waals surface area contributed by atoms with E-state index < -0.39 is 6.10 Å². The molecule has 0 spiro atoms. The topological polar surface area (TPSA) is 84.5 Å². The first kappa shape index (κ1) is 15.2. The highest BCUT2D eigenvalue weighted by Gasteiger charge is 2.14. The Labute approximate surface area is 131 Å². The Kier molecular flexibility index (Phi) is 4.07. The number of halogens is 1. The van der Waals surface area contributed by atoms with Gasteiger partial charge in [-0.05, 0) is 18.2 Å². The number of imidazole rings is 1. The zero-order chi connectivity index (χ0) is 16.4. The lowest BCUT2D eigenvalue weighted by Gasteiger charge is -2.11. The van der Waals surface area contributed by atoms with Crippen LogP contribution < -0.4 is 5.32 Å². The van der Waals surface area contributed by atoms with E-state index in [4.69, 9.17) is 0 Å². The van der Waals surface area contributed by atoms with Gasteiger partial charge in [-0.3, -0.25) is 9.48 Å². The summed E-state index contributed by atoms with van der Waals surface area (Å²) in [7, 11) is 1.72. The molecule has 8 heteroatoms. The van der Waals surface area contributed by atoms with Crippen LogP contribution in [-0.2, 0) is 18.3 Å². The molecule has 120 valence electrons. The number of nitrogens with zero attached hydrogens (tertiary/aromatic N) is 4. The zero-order valence-electron chi connectivity index (χ0n) is 12.5. The summed E-state index contributed by atoms with van der Waals surface area (Å²) in [6, 6.07) is 4.55. The van der Waals surface area contributed by atoms with Gasteiger partial charge in [0, 0.05) is 32.2 Å². The fourth-order valence-electron chi connectivity index (χ4n) is 2.36. The van der Waals surface area contributed by atoms with Crippen molar-refractivity contribution in [3.63, 3.8) is 0 Å². The lowest BCUT2D eigenvalue weighted by Crippen LogP contribution is -2.30. The van der Waals surface area contributed by atoms with Gasteiger partial charge in [0.2, 0.25) is 5.91 Å². The van der Waals surface area contributed by atoms with Crippen molar-refractivity contribution in [3.05, 3.63) is 54.0 Å². The van der Waals surface area contributed by atoms with E-state index in [0.717, 1.165) is 0 Å². The average Bonchev–Trinajstić information content (AvgIpc) is 3.10. The summed E-state index contributed by atoms with van der Waals surface area (Å²) in [6.07, 6.45) is 3.71. The van der Waals surface area contributed by atoms with Crippen LogP contribution in [0.2, 0.25) is 0 Å². The average molecular weight is 317 g/mol. The van der Waals surface area contributed by atoms with Crippen LogP contribution in [0.15, 0.2) is 36.8 Å². The first-order valence-corrected chi connectivity index (χ1v) is 7.09. The number of hydrogen-bond donors (Lipinski definition) is 2. The summed E-state index contributed by atoms with van der Waals surface area (Å²) < 4.78 is 16.2. The molecule has 0 aliphatic rings. The van der Waals surface area contributed by atoms with E-state index in [-0.39, 0.29) is 24.7 Å². The SMILES string of the molecule is Cn1nccc1C(O)CNC(=O)Cc1cn2cc(F)ccc2n1.